The first-order valence-electron chi connectivity index (χ1n) is 8.23. The van der Waals surface area contributed by atoms with Gasteiger partial charge in [-0.25, -0.2) is 0 Å². The molecule has 23 heavy (non-hydrogen) atoms. The van der Waals surface area contributed by atoms with E-state index in [1.54, 1.807) is 0 Å². The quantitative estimate of drug-likeness (QED) is 0.593. The molecule has 1 heterocycles. The van der Waals surface area contributed by atoms with E-state index in [0.29, 0.717) is 11.0 Å². The van der Waals surface area contributed by atoms with E-state index in [9.17, 15) is 0 Å². The Balaban J connectivity index is 1.70. The first-order chi connectivity index (χ1) is 11.1. The molecule has 2 rings (SSSR count). The number of thiocarbonyl (C=S) groups is 1. The molecular weight excluding hydrogens is 304 g/mol. The second kappa shape index (κ2) is 8.67. The van der Waals surface area contributed by atoms with Crippen molar-refractivity contribution < 1.29 is 0 Å². The molecule has 0 amide bonds. The molecule has 1 aromatic heterocycles. The van der Waals surface area contributed by atoms with Gasteiger partial charge in [0.25, 0.3) is 0 Å². The lowest BCUT2D eigenvalue weighted by Crippen LogP contribution is -2.29. The molecule has 2 aromatic rings. The summed E-state index contributed by atoms with van der Waals surface area (Å²) in [5.74, 6) is 0.597. The Morgan fingerprint density at radius 1 is 1.26 bits per heavy atom. The van der Waals surface area contributed by atoms with Gasteiger partial charge in [0.2, 0.25) is 0 Å². The zero-order chi connectivity index (χ0) is 16.7. The fourth-order valence-electron chi connectivity index (χ4n) is 2.34. The molecule has 1 unspecified atom stereocenters. The van der Waals surface area contributed by atoms with Gasteiger partial charge in [-0.05, 0) is 61.7 Å². The fraction of sp³-hybridized carbons (Fsp3) is 0.444. The van der Waals surface area contributed by atoms with Gasteiger partial charge in [-0.3, -0.25) is 4.68 Å². The number of aromatic nitrogens is 2. The third kappa shape index (κ3) is 5.67. The van der Waals surface area contributed by atoms with Gasteiger partial charge in [-0.15, -0.1) is 0 Å². The first kappa shape index (κ1) is 17.5. The average Bonchev–Trinajstić information content (AvgIpc) is 2.97. The van der Waals surface area contributed by atoms with Gasteiger partial charge in [-0.1, -0.05) is 26.0 Å². The van der Waals surface area contributed by atoms with E-state index in [1.807, 2.05) is 23.9 Å². The predicted molar refractivity (Wildman–Crippen MR) is 101 cm³/mol. The van der Waals surface area contributed by atoms with E-state index < -0.39 is 0 Å². The van der Waals surface area contributed by atoms with Crippen molar-refractivity contribution in [1.29, 1.82) is 0 Å². The number of nitrogens with zero attached hydrogens (tertiary/aromatic N) is 2. The third-order valence-electron chi connectivity index (χ3n) is 3.97. The van der Waals surface area contributed by atoms with Crippen molar-refractivity contribution >= 4 is 23.0 Å². The number of hydrogen-bond donors (Lipinski definition) is 2. The van der Waals surface area contributed by atoms with Crippen LogP contribution in [-0.2, 0) is 6.54 Å². The molecular formula is C18H26N4S. The van der Waals surface area contributed by atoms with E-state index in [-0.39, 0.29) is 0 Å². The summed E-state index contributed by atoms with van der Waals surface area (Å²) in [6.45, 7) is 8.18. The predicted octanol–water partition coefficient (Wildman–Crippen LogP) is 4.08. The van der Waals surface area contributed by atoms with E-state index in [0.717, 1.165) is 37.3 Å². The number of rotatable bonds is 7. The summed E-state index contributed by atoms with van der Waals surface area (Å²) in [6, 6.07) is 10.5. The summed E-state index contributed by atoms with van der Waals surface area (Å²) in [4.78, 5) is 0. The van der Waals surface area contributed by atoms with Crippen molar-refractivity contribution in [2.24, 2.45) is 0 Å². The second-order valence-corrected chi connectivity index (χ2v) is 6.29. The number of aryl methyl sites for hydroxylation is 2. The van der Waals surface area contributed by atoms with Gasteiger partial charge < -0.3 is 10.6 Å². The standard InChI is InChI=1S/C18H26N4S/c1-4-14(2)16-6-8-17(9-7-16)20-18(23)19-11-5-12-22-13-10-15(3)21-22/h6-10,13-14H,4-5,11-12H2,1-3H3,(H2,19,20,23). The molecule has 0 aliphatic carbocycles. The molecule has 0 aliphatic rings. The highest BCUT2D eigenvalue weighted by Gasteiger charge is 2.03. The minimum atomic E-state index is 0.597. The smallest absolute Gasteiger partial charge is 0.170 e. The lowest BCUT2D eigenvalue weighted by atomic mass is 9.99. The molecule has 1 aromatic carbocycles. The molecule has 0 fully saturated rings. The van der Waals surface area contributed by atoms with E-state index >= 15 is 0 Å². The topological polar surface area (TPSA) is 41.9 Å². The molecule has 5 heteroatoms. The Morgan fingerprint density at radius 3 is 2.61 bits per heavy atom. The highest BCUT2D eigenvalue weighted by atomic mass is 32.1. The van der Waals surface area contributed by atoms with Crippen LogP contribution in [0.2, 0.25) is 0 Å². The minimum Gasteiger partial charge on any atom is -0.362 e. The van der Waals surface area contributed by atoms with Crippen LogP contribution in [0.1, 0.15) is 43.9 Å². The van der Waals surface area contributed by atoms with Crippen LogP contribution < -0.4 is 10.6 Å². The summed E-state index contributed by atoms with van der Waals surface area (Å²) in [6.07, 6.45) is 4.14. The highest BCUT2D eigenvalue weighted by molar-refractivity contribution is 7.80. The largest absolute Gasteiger partial charge is 0.362 e. The van der Waals surface area contributed by atoms with Crippen LogP contribution in [0.4, 0.5) is 5.69 Å². The third-order valence-corrected chi connectivity index (χ3v) is 4.22. The van der Waals surface area contributed by atoms with Crippen LogP contribution in [0.3, 0.4) is 0 Å². The average molecular weight is 331 g/mol. The molecule has 124 valence electrons. The summed E-state index contributed by atoms with van der Waals surface area (Å²) < 4.78 is 1.96. The van der Waals surface area contributed by atoms with E-state index in [2.05, 4.69) is 53.8 Å². The highest BCUT2D eigenvalue weighted by Crippen LogP contribution is 2.20. The fourth-order valence-corrected chi connectivity index (χ4v) is 2.56. The van der Waals surface area contributed by atoms with Crippen molar-refractivity contribution in [2.75, 3.05) is 11.9 Å². The zero-order valence-electron chi connectivity index (χ0n) is 14.2. The van der Waals surface area contributed by atoms with Crippen LogP contribution in [-0.4, -0.2) is 21.4 Å². The Morgan fingerprint density at radius 2 is 2.00 bits per heavy atom. The molecule has 0 spiro atoms. The van der Waals surface area contributed by atoms with Crippen molar-refractivity contribution in [3.63, 3.8) is 0 Å². The number of anilines is 1. The summed E-state index contributed by atoms with van der Waals surface area (Å²) in [5, 5.41) is 11.5. The minimum absolute atomic E-state index is 0.597. The van der Waals surface area contributed by atoms with Gasteiger partial charge in [0, 0.05) is 25.0 Å². The molecule has 0 aliphatic heterocycles. The number of hydrogen-bond acceptors (Lipinski definition) is 2. The lowest BCUT2D eigenvalue weighted by Gasteiger charge is -2.13. The SMILES string of the molecule is CCC(C)c1ccc(NC(=S)NCCCn2ccc(C)n2)cc1. The maximum atomic E-state index is 5.33. The maximum Gasteiger partial charge on any atom is 0.170 e. The monoisotopic (exact) mass is 330 g/mol. The van der Waals surface area contributed by atoms with Crippen LogP contribution in [0, 0.1) is 6.92 Å². The molecule has 4 nitrogen and oxygen atoms in total. The van der Waals surface area contributed by atoms with Gasteiger partial charge in [-0.2, -0.15) is 5.10 Å². The molecule has 0 radical (unpaired) electrons. The Hall–Kier alpha value is -1.88. The van der Waals surface area contributed by atoms with Gasteiger partial charge >= 0.3 is 0 Å². The second-order valence-electron chi connectivity index (χ2n) is 5.89. The van der Waals surface area contributed by atoms with Crippen molar-refractivity contribution in [2.45, 2.75) is 46.1 Å². The van der Waals surface area contributed by atoms with Gasteiger partial charge in [0.05, 0.1) is 5.69 Å². The van der Waals surface area contributed by atoms with Crippen molar-refractivity contribution in [1.82, 2.24) is 15.1 Å². The van der Waals surface area contributed by atoms with Crippen LogP contribution in [0.15, 0.2) is 36.5 Å². The maximum absolute atomic E-state index is 5.33. The van der Waals surface area contributed by atoms with Gasteiger partial charge in [0.1, 0.15) is 0 Å². The van der Waals surface area contributed by atoms with Crippen molar-refractivity contribution in [3.8, 4) is 0 Å². The Bertz CT molecular complexity index is 618. The summed E-state index contributed by atoms with van der Waals surface area (Å²) in [5.41, 5.74) is 3.44. The normalized spacial score (nSPS) is 12.0. The molecule has 1 atom stereocenters. The molecule has 2 N–H and O–H groups in total. The van der Waals surface area contributed by atoms with Crippen LogP contribution >= 0.6 is 12.2 Å². The summed E-state index contributed by atoms with van der Waals surface area (Å²) in [7, 11) is 0. The van der Waals surface area contributed by atoms with Gasteiger partial charge in [0.15, 0.2) is 5.11 Å². The van der Waals surface area contributed by atoms with Crippen molar-refractivity contribution in [3.05, 3.63) is 47.8 Å². The molecule has 0 saturated carbocycles. The number of nitrogens with one attached hydrogen (secondary N) is 2. The molecule has 0 bridgehead atoms. The zero-order valence-corrected chi connectivity index (χ0v) is 15.0. The lowest BCUT2D eigenvalue weighted by molar-refractivity contribution is 0.570. The van der Waals surface area contributed by atoms with E-state index in [1.165, 1.54) is 5.56 Å². The Labute approximate surface area is 144 Å². The number of benzene rings is 1. The summed E-state index contributed by atoms with van der Waals surface area (Å²) >= 11 is 5.33. The first-order valence-corrected chi connectivity index (χ1v) is 8.64. The van der Waals surface area contributed by atoms with Crippen LogP contribution in [0.5, 0.6) is 0 Å². The molecule has 0 saturated heterocycles. The Kier molecular flexibility index (Phi) is 6.59. The van der Waals surface area contributed by atoms with E-state index in [4.69, 9.17) is 12.2 Å². The van der Waals surface area contributed by atoms with Crippen LogP contribution in [0.25, 0.3) is 0 Å².